The van der Waals surface area contributed by atoms with E-state index in [4.69, 9.17) is 10.8 Å². The van der Waals surface area contributed by atoms with Crippen LogP contribution in [-0.4, -0.2) is 17.6 Å². The van der Waals surface area contributed by atoms with E-state index in [1.165, 1.54) is 0 Å². The maximum Gasteiger partial charge on any atom is 0.304 e. The third kappa shape index (κ3) is 5.40. The molecule has 0 saturated carbocycles. The van der Waals surface area contributed by atoms with Crippen LogP contribution in [0.15, 0.2) is 30.3 Å². The van der Waals surface area contributed by atoms with Crippen LogP contribution in [0, 0.1) is 0 Å². The molecule has 15 heavy (non-hydrogen) atoms. The molecule has 0 aromatic heterocycles. The van der Waals surface area contributed by atoms with Gasteiger partial charge in [-0.25, -0.2) is 0 Å². The van der Waals surface area contributed by atoms with Gasteiger partial charge in [0.05, 0.1) is 6.42 Å². The fourth-order valence-corrected chi connectivity index (χ4v) is 1.27. The lowest BCUT2D eigenvalue weighted by molar-refractivity contribution is -0.137. The molecule has 0 aliphatic carbocycles. The van der Waals surface area contributed by atoms with Gasteiger partial charge >= 0.3 is 5.97 Å². The molecule has 1 aromatic rings. The summed E-state index contributed by atoms with van der Waals surface area (Å²) in [4.78, 5) is 10.5. The molecule has 0 fully saturated rings. The summed E-state index contributed by atoms with van der Waals surface area (Å²) < 4.78 is 0. The van der Waals surface area contributed by atoms with E-state index in [9.17, 15) is 4.79 Å². The second kappa shape index (κ2) is 8.26. The monoisotopic (exact) mass is 231 g/mol. The van der Waals surface area contributed by atoms with Crippen molar-refractivity contribution in [1.82, 2.24) is 0 Å². The zero-order chi connectivity index (χ0) is 9.68. The van der Waals surface area contributed by atoms with Crippen molar-refractivity contribution >= 4 is 18.4 Å². The molecule has 0 saturated heterocycles. The third-order valence-electron chi connectivity index (χ3n) is 1.98. The number of halogens is 1. The molecule has 1 aromatic carbocycles. The van der Waals surface area contributed by atoms with Gasteiger partial charge in [0.25, 0.3) is 0 Å². The quantitative estimate of drug-likeness (QED) is 0.836. The van der Waals surface area contributed by atoms with E-state index in [0.29, 0.717) is 6.54 Å². The standard InChI is InChI=1S/C10H13NO2.CH4.ClH/c11-7-9(6-10(12)13)8-4-2-1-3-5-8;;/h1-5,9H,6-7,11H2,(H,12,13);1H4;1H. The Kier molecular flexibility index (Phi) is 9.02. The highest BCUT2D eigenvalue weighted by Crippen LogP contribution is 2.17. The van der Waals surface area contributed by atoms with Crippen LogP contribution in [0.25, 0.3) is 0 Å². The van der Waals surface area contributed by atoms with Crippen molar-refractivity contribution in [2.24, 2.45) is 5.73 Å². The fourth-order valence-electron chi connectivity index (χ4n) is 1.27. The molecule has 0 spiro atoms. The van der Waals surface area contributed by atoms with Gasteiger partial charge in [-0.2, -0.15) is 0 Å². The number of nitrogens with two attached hydrogens (primary N) is 1. The topological polar surface area (TPSA) is 63.3 Å². The van der Waals surface area contributed by atoms with Crippen molar-refractivity contribution in [2.45, 2.75) is 19.8 Å². The molecule has 0 amide bonds. The Hall–Kier alpha value is -1.06. The van der Waals surface area contributed by atoms with E-state index >= 15 is 0 Å². The largest absolute Gasteiger partial charge is 0.481 e. The van der Waals surface area contributed by atoms with E-state index in [1.807, 2.05) is 30.3 Å². The zero-order valence-corrected chi connectivity index (χ0v) is 8.54. The number of hydrogen-bond donors (Lipinski definition) is 2. The normalized spacial score (nSPS) is 10.7. The Labute approximate surface area is 96.7 Å². The average molecular weight is 232 g/mol. The second-order valence-electron chi connectivity index (χ2n) is 2.94. The first-order valence-electron chi connectivity index (χ1n) is 4.21. The van der Waals surface area contributed by atoms with Gasteiger partial charge < -0.3 is 10.8 Å². The van der Waals surface area contributed by atoms with Gasteiger partial charge in [0.2, 0.25) is 0 Å². The van der Waals surface area contributed by atoms with Crippen LogP contribution in [0.5, 0.6) is 0 Å². The van der Waals surface area contributed by atoms with Gasteiger partial charge in [0.1, 0.15) is 0 Å². The molecule has 0 aliphatic rings. The van der Waals surface area contributed by atoms with Crippen LogP contribution in [0.3, 0.4) is 0 Å². The summed E-state index contributed by atoms with van der Waals surface area (Å²) in [6.07, 6.45) is 0.0977. The molecule has 0 heterocycles. The van der Waals surface area contributed by atoms with E-state index in [2.05, 4.69) is 0 Å². The Morgan fingerprint density at radius 1 is 1.33 bits per heavy atom. The molecule has 3 N–H and O–H groups in total. The van der Waals surface area contributed by atoms with E-state index in [1.54, 1.807) is 0 Å². The van der Waals surface area contributed by atoms with Crippen LogP contribution in [0.2, 0.25) is 0 Å². The van der Waals surface area contributed by atoms with Gasteiger partial charge in [0.15, 0.2) is 0 Å². The van der Waals surface area contributed by atoms with Gasteiger partial charge in [-0.3, -0.25) is 4.79 Å². The molecule has 3 nitrogen and oxygen atoms in total. The molecule has 4 heteroatoms. The summed E-state index contributed by atoms with van der Waals surface area (Å²) in [5.74, 6) is -0.877. The predicted molar refractivity (Wildman–Crippen MR) is 64.5 cm³/mol. The smallest absolute Gasteiger partial charge is 0.304 e. The summed E-state index contributed by atoms with van der Waals surface area (Å²) in [7, 11) is 0. The van der Waals surface area contributed by atoms with Gasteiger partial charge in [-0.1, -0.05) is 37.8 Å². The van der Waals surface area contributed by atoms with Crippen LogP contribution in [0.4, 0.5) is 0 Å². The predicted octanol–water partition coefficient (Wildman–Crippen LogP) is 2.26. The summed E-state index contributed by atoms with van der Waals surface area (Å²) in [6, 6.07) is 9.48. The Morgan fingerprint density at radius 3 is 2.27 bits per heavy atom. The number of carboxylic acid groups (broad SMARTS) is 1. The first kappa shape index (κ1) is 16.4. The highest BCUT2D eigenvalue weighted by atomic mass is 35.5. The maximum absolute atomic E-state index is 10.5. The minimum atomic E-state index is -0.806. The van der Waals surface area contributed by atoms with Gasteiger partial charge in [-0.15, -0.1) is 12.4 Å². The molecule has 1 unspecified atom stereocenters. The summed E-state index contributed by atoms with van der Waals surface area (Å²) in [5.41, 5.74) is 6.48. The summed E-state index contributed by atoms with van der Waals surface area (Å²) in [6.45, 7) is 0.371. The summed E-state index contributed by atoms with van der Waals surface area (Å²) >= 11 is 0. The minimum Gasteiger partial charge on any atom is -0.481 e. The van der Waals surface area contributed by atoms with Gasteiger partial charge in [-0.05, 0) is 12.1 Å². The lowest BCUT2D eigenvalue weighted by atomic mass is 9.96. The van der Waals surface area contributed by atoms with Crippen molar-refractivity contribution in [2.75, 3.05) is 6.54 Å². The van der Waals surface area contributed by atoms with E-state index < -0.39 is 5.97 Å². The van der Waals surface area contributed by atoms with Crippen molar-refractivity contribution in [3.05, 3.63) is 35.9 Å². The number of hydrogen-bond acceptors (Lipinski definition) is 2. The maximum atomic E-state index is 10.5. The highest BCUT2D eigenvalue weighted by molar-refractivity contribution is 5.85. The summed E-state index contributed by atoms with van der Waals surface area (Å²) in [5, 5.41) is 8.62. The van der Waals surface area contributed by atoms with E-state index in [-0.39, 0.29) is 32.2 Å². The Bertz CT molecular complexity index is 277. The molecular formula is C11H18ClNO2. The third-order valence-corrected chi connectivity index (χ3v) is 1.98. The van der Waals surface area contributed by atoms with Crippen LogP contribution >= 0.6 is 12.4 Å². The lowest BCUT2D eigenvalue weighted by Crippen LogP contribution is -2.16. The molecule has 0 aliphatic heterocycles. The van der Waals surface area contributed by atoms with Crippen molar-refractivity contribution in [1.29, 1.82) is 0 Å². The number of aliphatic carboxylic acids is 1. The highest BCUT2D eigenvalue weighted by Gasteiger charge is 2.12. The number of carboxylic acids is 1. The van der Waals surface area contributed by atoms with E-state index in [0.717, 1.165) is 5.56 Å². The first-order valence-corrected chi connectivity index (χ1v) is 4.21. The minimum absolute atomic E-state index is 0. The number of benzene rings is 1. The molecule has 0 radical (unpaired) electrons. The molecule has 1 rings (SSSR count). The van der Waals surface area contributed by atoms with Crippen molar-refractivity contribution in [3.63, 3.8) is 0 Å². The lowest BCUT2D eigenvalue weighted by Gasteiger charge is -2.11. The van der Waals surface area contributed by atoms with Crippen molar-refractivity contribution < 1.29 is 9.90 Å². The van der Waals surface area contributed by atoms with Crippen LogP contribution in [-0.2, 0) is 4.79 Å². The number of rotatable bonds is 4. The van der Waals surface area contributed by atoms with Crippen LogP contribution in [0.1, 0.15) is 25.3 Å². The van der Waals surface area contributed by atoms with Gasteiger partial charge in [0, 0.05) is 5.92 Å². The average Bonchev–Trinajstić information content (AvgIpc) is 2.15. The molecule has 1 atom stereocenters. The molecule has 86 valence electrons. The molecule has 0 bridgehead atoms. The zero-order valence-electron chi connectivity index (χ0n) is 7.72. The molecular weight excluding hydrogens is 214 g/mol. The van der Waals surface area contributed by atoms with Crippen LogP contribution < -0.4 is 5.73 Å². The van der Waals surface area contributed by atoms with Crippen molar-refractivity contribution in [3.8, 4) is 0 Å². The number of carbonyl (C=O) groups is 1. The first-order chi connectivity index (χ1) is 6.24. The second-order valence-corrected chi connectivity index (χ2v) is 2.94. The Balaban J connectivity index is 0. The fraction of sp³-hybridized carbons (Fsp3) is 0.364. The SMILES string of the molecule is C.Cl.NCC(CC(=O)O)c1ccccc1. The Morgan fingerprint density at radius 2 is 1.87 bits per heavy atom.